The molecule has 1 aliphatic carbocycles. The molecule has 3 atom stereocenters. The Morgan fingerprint density at radius 1 is 1.25 bits per heavy atom. The highest BCUT2D eigenvalue weighted by Crippen LogP contribution is 2.59. The van der Waals surface area contributed by atoms with Gasteiger partial charge in [0.05, 0.1) is 20.3 Å². The van der Waals surface area contributed by atoms with E-state index in [1.54, 1.807) is 25.6 Å². The summed E-state index contributed by atoms with van der Waals surface area (Å²) in [7, 11) is 3.33. The van der Waals surface area contributed by atoms with Gasteiger partial charge in [0.15, 0.2) is 11.5 Å². The number of benzene rings is 1. The average Bonchev–Trinajstić information content (AvgIpc) is 3.13. The lowest BCUT2D eigenvalue weighted by atomic mass is 9.88. The molecule has 2 aromatic rings. The number of carbonyl (C=O) groups excluding carboxylic acids is 1. The highest BCUT2D eigenvalue weighted by molar-refractivity contribution is 7.10. The minimum atomic E-state index is -0.0481. The predicted octanol–water partition coefficient (Wildman–Crippen LogP) is 4.92. The van der Waals surface area contributed by atoms with Gasteiger partial charge in [-0.25, -0.2) is 0 Å². The monoisotopic (exact) mass is 399 g/mol. The number of nitrogens with zero attached hydrogens (tertiary/aromatic N) is 1. The van der Waals surface area contributed by atoms with Gasteiger partial charge < -0.3 is 14.4 Å². The lowest BCUT2D eigenvalue weighted by Crippen LogP contribution is -2.42. The molecule has 1 aromatic carbocycles. The molecule has 1 fully saturated rings. The number of ether oxygens (including phenoxy) is 2. The van der Waals surface area contributed by atoms with Crippen molar-refractivity contribution in [1.82, 2.24) is 4.90 Å². The second kappa shape index (κ2) is 7.11. The van der Waals surface area contributed by atoms with Gasteiger partial charge in [-0.3, -0.25) is 4.79 Å². The van der Waals surface area contributed by atoms with Gasteiger partial charge in [-0.05, 0) is 58.9 Å². The molecule has 28 heavy (non-hydrogen) atoms. The number of amides is 1. The Bertz CT molecular complexity index is 876. The molecule has 4 rings (SSSR count). The standard InChI is InChI=1S/C23H29NO3S/c1-14(2)23(3)13-17(23)22(25)24-9-8-15-11-18(26-4)19(27-5)12-16(15)21(24)20-7-6-10-28-20/h6-7,10-12,14,17,21H,8-9,13H2,1-5H3. The van der Waals surface area contributed by atoms with Crippen LogP contribution in [-0.4, -0.2) is 31.6 Å². The number of fused-ring (bicyclic) bond motifs is 1. The normalized spacial score (nSPS) is 26.1. The van der Waals surface area contributed by atoms with Crippen molar-refractivity contribution in [3.05, 3.63) is 45.6 Å². The topological polar surface area (TPSA) is 38.8 Å². The van der Waals surface area contributed by atoms with E-state index in [2.05, 4.69) is 55.3 Å². The molecule has 0 N–H and O–H groups in total. The summed E-state index contributed by atoms with van der Waals surface area (Å²) in [6.45, 7) is 7.46. The maximum atomic E-state index is 13.5. The van der Waals surface area contributed by atoms with Gasteiger partial charge in [-0.15, -0.1) is 11.3 Å². The van der Waals surface area contributed by atoms with Crippen molar-refractivity contribution in [2.24, 2.45) is 17.3 Å². The summed E-state index contributed by atoms with van der Waals surface area (Å²) in [6.07, 6.45) is 1.84. The van der Waals surface area contributed by atoms with E-state index in [1.807, 2.05) is 0 Å². The number of hydrogen-bond acceptors (Lipinski definition) is 4. The summed E-state index contributed by atoms with van der Waals surface area (Å²) in [5.74, 6) is 2.42. The van der Waals surface area contributed by atoms with Crippen molar-refractivity contribution in [2.75, 3.05) is 20.8 Å². The van der Waals surface area contributed by atoms with Crippen LogP contribution in [-0.2, 0) is 11.2 Å². The summed E-state index contributed by atoms with van der Waals surface area (Å²) in [5.41, 5.74) is 2.53. The summed E-state index contributed by atoms with van der Waals surface area (Å²) in [4.78, 5) is 16.9. The summed E-state index contributed by atoms with van der Waals surface area (Å²) in [5, 5.41) is 2.09. The lowest BCUT2D eigenvalue weighted by Gasteiger charge is -2.38. The molecule has 0 spiro atoms. The smallest absolute Gasteiger partial charge is 0.227 e. The minimum absolute atomic E-state index is 0.0481. The van der Waals surface area contributed by atoms with Crippen molar-refractivity contribution >= 4 is 17.2 Å². The van der Waals surface area contributed by atoms with Crippen molar-refractivity contribution < 1.29 is 14.3 Å². The third-order valence-electron chi connectivity index (χ3n) is 6.87. The van der Waals surface area contributed by atoms with Crippen LogP contribution in [0, 0.1) is 17.3 Å². The number of rotatable bonds is 5. The van der Waals surface area contributed by atoms with Crippen molar-refractivity contribution in [2.45, 2.75) is 39.7 Å². The summed E-state index contributed by atoms with van der Waals surface area (Å²) < 4.78 is 11.1. The SMILES string of the molecule is COc1cc2c(cc1OC)C(c1cccs1)N(C(=O)C1CC1(C)C(C)C)CC2. The highest BCUT2D eigenvalue weighted by Gasteiger charge is 2.58. The number of hydrogen-bond donors (Lipinski definition) is 0. The Morgan fingerprint density at radius 3 is 2.54 bits per heavy atom. The van der Waals surface area contributed by atoms with Crippen LogP contribution in [0.3, 0.4) is 0 Å². The molecule has 0 bridgehead atoms. The van der Waals surface area contributed by atoms with Crippen molar-refractivity contribution in [3.8, 4) is 11.5 Å². The van der Waals surface area contributed by atoms with Gasteiger partial charge in [0.2, 0.25) is 5.91 Å². The zero-order valence-electron chi connectivity index (χ0n) is 17.3. The van der Waals surface area contributed by atoms with Crippen LogP contribution in [0.25, 0.3) is 0 Å². The summed E-state index contributed by atoms with van der Waals surface area (Å²) in [6, 6.07) is 8.29. The largest absolute Gasteiger partial charge is 0.493 e. The van der Waals surface area contributed by atoms with Crippen LogP contribution in [0.2, 0.25) is 0 Å². The fraction of sp³-hybridized carbons (Fsp3) is 0.522. The van der Waals surface area contributed by atoms with E-state index in [-0.39, 0.29) is 17.4 Å². The Kier molecular flexibility index (Phi) is 4.90. The van der Waals surface area contributed by atoms with Crippen LogP contribution in [0.15, 0.2) is 29.6 Å². The molecule has 2 aliphatic rings. The fourth-order valence-corrected chi connectivity index (χ4v) is 5.38. The van der Waals surface area contributed by atoms with Crippen LogP contribution in [0.5, 0.6) is 11.5 Å². The van der Waals surface area contributed by atoms with Crippen molar-refractivity contribution in [1.29, 1.82) is 0 Å². The average molecular weight is 400 g/mol. The molecule has 1 saturated carbocycles. The molecule has 2 heterocycles. The van der Waals surface area contributed by atoms with Crippen molar-refractivity contribution in [3.63, 3.8) is 0 Å². The first-order valence-corrected chi connectivity index (χ1v) is 10.9. The van der Waals surface area contributed by atoms with Crippen LogP contribution < -0.4 is 9.47 Å². The Labute approximate surface area is 171 Å². The zero-order chi connectivity index (χ0) is 20.1. The third-order valence-corrected chi connectivity index (χ3v) is 7.79. The van der Waals surface area contributed by atoms with Crippen LogP contribution >= 0.6 is 11.3 Å². The highest BCUT2D eigenvalue weighted by atomic mass is 32.1. The second-order valence-corrected chi connectivity index (χ2v) is 9.50. The molecule has 3 unspecified atom stereocenters. The Hall–Kier alpha value is -2.01. The van der Waals surface area contributed by atoms with Gasteiger partial charge in [-0.2, -0.15) is 0 Å². The molecule has 1 amide bonds. The molecule has 150 valence electrons. The van der Waals surface area contributed by atoms with E-state index in [0.29, 0.717) is 11.8 Å². The first-order valence-electron chi connectivity index (χ1n) is 9.99. The molecule has 1 aromatic heterocycles. The molecule has 4 nitrogen and oxygen atoms in total. The Morgan fingerprint density at radius 2 is 1.96 bits per heavy atom. The maximum Gasteiger partial charge on any atom is 0.227 e. The molecular weight excluding hydrogens is 370 g/mol. The summed E-state index contributed by atoms with van der Waals surface area (Å²) >= 11 is 1.71. The molecule has 5 heteroatoms. The van der Waals surface area contributed by atoms with E-state index in [4.69, 9.17) is 9.47 Å². The van der Waals surface area contributed by atoms with E-state index in [0.717, 1.165) is 36.4 Å². The van der Waals surface area contributed by atoms with Gasteiger partial charge in [0.1, 0.15) is 0 Å². The van der Waals surface area contributed by atoms with Crippen LogP contribution in [0.4, 0.5) is 0 Å². The number of thiophene rings is 1. The molecular formula is C23H29NO3S. The van der Waals surface area contributed by atoms with Gasteiger partial charge in [-0.1, -0.05) is 26.8 Å². The van der Waals surface area contributed by atoms with E-state index in [9.17, 15) is 4.79 Å². The lowest BCUT2D eigenvalue weighted by molar-refractivity contribution is -0.135. The minimum Gasteiger partial charge on any atom is -0.493 e. The number of methoxy groups -OCH3 is 2. The molecule has 0 radical (unpaired) electrons. The second-order valence-electron chi connectivity index (χ2n) is 8.52. The first kappa shape index (κ1) is 19.3. The van der Waals surface area contributed by atoms with E-state index >= 15 is 0 Å². The maximum absolute atomic E-state index is 13.5. The van der Waals surface area contributed by atoms with Crippen LogP contribution in [0.1, 0.15) is 49.2 Å². The van der Waals surface area contributed by atoms with E-state index < -0.39 is 0 Å². The fourth-order valence-electron chi connectivity index (χ4n) is 4.53. The third kappa shape index (κ3) is 3.00. The zero-order valence-corrected chi connectivity index (χ0v) is 18.1. The van der Waals surface area contributed by atoms with E-state index in [1.165, 1.54) is 10.4 Å². The predicted molar refractivity (Wildman–Crippen MR) is 112 cm³/mol. The van der Waals surface area contributed by atoms with Gasteiger partial charge >= 0.3 is 0 Å². The molecule has 1 aliphatic heterocycles. The quantitative estimate of drug-likeness (QED) is 0.716. The Balaban J connectivity index is 1.75. The van der Waals surface area contributed by atoms with Gasteiger partial charge in [0.25, 0.3) is 0 Å². The van der Waals surface area contributed by atoms with Gasteiger partial charge in [0, 0.05) is 17.3 Å². The molecule has 0 saturated heterocycles. The number of carbonyl (C=O) groups is 1. The first-order chi connectivity index (χ1) is 13.4.